The third kappa shape index (κ3) is 3.07. The third-order valence-corrected chi connectivity index (χ3v) is 4.81. The molecule has 7 heteroatoms. The lowest BCUT2D eigenvalue weighted by molar-refractivity contribution is 0.369. The molecule has 0 radical (unpaired) electrons. The number of fused-ring (bicyclic) bond motifs is 1. The Morgan fingerprint density at radius 1 is 1.29 bits per heavy atom. The minimum atomic E-state index is 0.738. The van der Waals surface area contributed by atoms with Crippen LogP contribution in [0.25, 0.3) is 0 Å². The molecule has 1 aliphatic rings. The molecule has 0 saturated carbocycles. The number of unbranched alkanes of at least 4 members (excludes halogenated alkanes) is 1. The zero-order chi connectivity index (χ0) is 14.7. The van der Waals surface area contributed by atoms with Gasteiger partial charge in [0.15, 0.2) is 5.82 Å². The molecule has 0 aromatic carbocycles. The Labute approximate surface area is 128 Å². The quantitative estimate of drug-likeness (QED) is 0.652. The fourth-order valence-corrected chi connectivity index (χ4v) is 3.44. The van der Waals surface area contributed by atoms with E-state index in [1.807, 2.05) is 0 Å². The molecule has 3 rings (SSSR count). The minimum absolute atomic E-state index is 0.738. The normalized spacial score (nSPS) is 14.3. The van der Waals surface area contributed by atoms with Gasteiger partial charge in [0.25, 0.3) is 0 Å². The molecule has 0 bridgehead atoms. The van der Waals surface area contributed by atoms with Crippen molar-refractivity contribution in [2.45, 2.75) is 62.8 Å². The Balaban J connectivity index is 1.65. The van der Waals surface area contributed by atoms with Crippen LogP contribution in [0.5, 0.6) is 0 Å². The van der Waals surface area contributed by atoms with Crippen LogP contribution in [-0.2, 0) is 25.0 Å². The topological polar surface area (TPSA) is 82.8 Å². The molecule has 0 spiro atoms. The van der Waals surface area contributed by atoms with Gasteiger partial charge in [-0.1, -0.05) is 30.3 Å². The van der Waals surface area contributed by atoms with Gasteiger partial charge in [-0.15, -0.1) is 10.2 Å². The van der Waals surface area contributed by atoms with Gasteiger partial charge in [-0.25, -0.2) is 4.68 Å². The van der Waals surface area contributed by atoms with Crippen molar-refractivity contribution in [2.24, 2.45) is 0 Å². The highest BCUT2D eigenvalue weighted by molar-refractivity contribution is 7.98. The molecular weight excluding hydrogens is 286 g/mol. The highest BCUT2D eigenvalue weighted by Gasteiger charge is 2.20. The predicted octanol–water partition coefficient (Wildman–Crippen LogP) is 2.49. The van der Waals surface area contributed by atoms with E-state index < -0.39 is 0 Å². The van der Waals surface area contributed by atoms with Crippen LogP contribution in [0.2, 0.25) is 0 Å². The number of aryl methyl sites for hydroxylation is 2. The van der Waals surface area contributed by atoms with Crippen LogP contribution in [0.15, 0.2) is 9.68 Å². The van der Waals surface area contributed by atoms with Gasteiger partial charge < -0.3 is 10.4 Å². The molecule has 0 fully saturated rings. The second kappa shape index (κ2) is 6.51. The van der Waals surface area contributed by atoms with E-state index in [2.05, 4.69) is 22.3 Å². The van der Waals surface area contributed by atoms with E-state index in [9.17, 15) is 0 Å². The average Bonchev–Trinajstić information content (AvgIpc) is 3.07. The molecule has 2 aromatic heterocycles. The van der Waals surface area contributed by atoms with Gasteiger partial charge in [-0.05, 0) is 25.7 Å². The minimum Gasteiger partial charge on any atom is -0.361 e. The summed E-state index contributed by atoms with van der Waals surface area (Å²) in [4.78, 5) is 0. The summed E-state index contributed by atoms with van der Waals surface area (Å²) in [5.41, 5.74) is 2.33. The van der Waals surface area contributed by atoms with E-state index in [0.29, 0.717) is 0 Å². The molecular formula is C14H21N5OS. The highest BCUT2D eigenvalue weighted by atomic mass is 32.2. The van der Waals surface area contributed by atoms with Crippen molar-refractivity contribution in [3.63, 3.8) is 0 Å². The monoisotopic (exact) mass is 307 g/mol. The Bertz CT molecular complexity index is 607. The van der Waals surface area contributed by atoms with Crippen LogP contribution in [-0.4, -0.2) is 20.0 Å². The van der Waals surface area contributed by atoms with E-state index in [4.69, 9.17) is 10.4 Å². The third-order valence-electron chi connectivity index (χ3n) is 3.86. The fourth-order valence-electron chi connectivity index (χ4n) is 2.61. The van der Waals surface area contributed by atoms with Crippen molar-refractivity contribution in [3.05, 3.63) is 22.8 Å². The van der Waals surface area contributed by atoms with Crippen molar-refractivity contribution in [1.82, 2.24) is 20.0 Å². The van der Waals surface area contributed by atoms with E-state index in [-0.39, 0.29) is 0 Å². The summed E-state index contributed by atoms with van der Waals surface area (Å²) < 4.78 is 7.03. The van der Waals surface area contributed by atoms with Crippen molar-refractivity contribution in [3.8, 4) is 0 Å². The number of hydrogen-bond donors (Lipinski definition) is 1. The molecule has 2 heterocycles. The summed E-state index contributed by atoms with van der Waals surface area (Å²) in [6, 6.07) is 0. The van der Waals surface area contributed by atoms with E-state index >= 15 is 0 Å². The zero-order valence-corrected chi connectivity index (χ0v) is 13.2. The van der Waals surface area contributed by atoms with Crippen LogP contribution in [0, 0.1) is 0 Å². The summed E-state index contributed by atoms with van der Waals surface area (Å²) in [7, 11) is 0. The lowest BCUT2D eigenvalue weighted by Gasteiger charge is -2.08. The maximum atomic E-state index is 6.05. The standard InChI is InChI=1S/C14H21N5OS/c1-2-3-8-13-16-17-14(19(13)15)21-9-11-10-6-4-5-7-12(10)20-18-11/h2-9,15H2,1H3. The van der Waals surface area contributed by atoms with Crippen LogP contribution in [0.3, 0.4) is 0 Å². The molecule has 2 aromatic rings. The van der Waals surface area contributed by atoms with E-state index in [0.717, 1.165) is 60.3 Å². The maximum absolute atomic E-state index is 6.05. The first kappa shape index (κ1) is 14.4. The molecule has 21 heavy (non-hydrogen) atoms. The second-order valence-corrected chi connectivity index (χ2v) is 6.34. The Morgan fingerprint density at radius 2 is 2.14 bits per heavy atom. The first-order chi connectivity index (χ1) is 10.3. The van der Waals surface area contributed by atoms with Gasteiger partial charge in [0.1, 0.15) is 5.76 Å². The fraction of sp³-hybridized carbons (Fsp3) is 0.643. The summed E-state index contributed by atoms with van der Waals surface area (Å²) in [5, 5.41) is 13.3. The van der Waals surface area contributed by atoms with Crippen LogP contribution >= 0.6 is 11.8 Å². The number of nitrogen functional groups attached to an aromatic ring is 1. The van der Waals surface area contributed by atoms with Gasteiger partial charge in [-0.3, -0.25) is 0 Å². The van der Waals surface area contributed by atoms with Crippen LogP contribution < -0.4 is 5.84 Å². The lowest BCUT2D eigenvalue weighted by atomic mass is 9.97. The smallest absolute Gasteiger partial charge is 0.210 e. The number of nitrogens with zero attached hydrogens (tertiary/aromatic N) is 4. The van der Waals surface area contributed by atoms with Gasteiger partial charge in [-0.2, -0.15) is 0 Å². The summed E-state index contributed by atoms with van der Waals surface area (Å²) in [5.74, 6) is 8.70. The molecule has 0 unspecified atom stereocenters. The molecule has 6 nitrogen and oxygen atoms in total. The summed E-state index contributed by atoms with van der Waals surface area (Å²) >= 11 is 1.57. The Morgan fingerprint density at radius 3 is 3.00 bits per heavy atom. The SMILES string of the molecule is CCCCc1nnc(SCc2noc3c2CCCC3)n1N. The Kier molecular flexibility index (Phi) is 4.48. The molecule has 0 amide bonds. The molecule has 0 saturated heterocycles. The molecule has 0 atom stereocenters. The van der Waals surface area contributed by atoms with Gasteiger partial charge in [0, 0.05) is 24.2 Å². The van der Waals surface area contributed by atoms with Gasteiger partial charge >= 0.3 is 0 Å². The second-order valence-electron chi connectivity index (χ2n) is 5.40. The number of rotatable bonds is 6. The number of nitrogens with two attached hydrogens (primary N) is 1. The van der Waals surface area contributed by atoms with E-state index in [1.54, 1.807) is 16.4 Å². The molecule has 2 N–H and O–H groups in total. The number of thioether (sulfide) groups is 1. The van der Waals surface area contributed by atoms with Crippen LogP contribution in [0.1, 0.15) is 55.4 Å². The summed E-state index contributed by atoms with van der Waals surface area (Å²) in [6.07, 6.45) is 7.59. The molecule has 1 aliphatic carbocycles. The first-order valence-electron chi connectivity index (χ1n) is 7.58. The van der Waals surface area contributed by atoms with Crippen molar-refractivity contribution < 1.29 is 4.52 Å². The average molecular weight is 307 g/mol. The largest absolute Gasteiger partial charge is 0.361 e. The maximum Gasteiger partial charge on any atom is 0.210 e. The van der Waals surface area contributed by atoms with Crippen molar-refractivity contribution in [1.29, 1.82) is 0 Å². The van der Waals surface area contributed by atoms with Crippen LogP contribution in [0.4, 0.5) is 0 Å². The molecule has 114 valence electrons. The van der Waals surface area contributed by atoms with Crippen molar-refractivity contribution >= 4 is 11.8 Å². The van der Waals surface area contributed by atoms with E-state index in [1.165, 1.54) is 18.4 Å². The molecule has 0 aliphatic heterocycles. The highest BCUT2D eigenvalue weighted by Crippen LogP contribution is 2.28. The lowest BCUT2D eigenvalue weighted by Crippen LogP contribution is -2.14. The zero-order valence-electron chi connectivity index (χ0n) is 12.3. The van der Waals surface area contributed by atoms with Crippen molar-refractivity contribution in [2.75, 3.05) is 5.84 Å². The van der Waals surface area contributed by atoms with Gasteiger partial charge in [0.2, 0.25) is 5.16 Å². The van der Waals surface area contributed by atoms with Gasteiger partial charge in [0.05, 0.1) is 5.69 Å². The Hall–Kier alpha value is -1.50. The number of aromatic nitrogens is 4. The predicted molar refractivity (Wildman–Crippen MR) is 81.5 cm³/mol. The number of hydrogen-bond acceptors (Lipinski definition) is 6. The summed E-state index contributed by atoms with van der Waals surface area (Å²) in [6.45, 7) is 2.15. The first-order valence-corrected chi connectivity index (χ1v) is 8.56.